The highest BCUT2D eigenvalue weighted by atomic mass is 35.5. The van der Waals surface area contributed by atoms with Gasteiger partial charge in [0.1, 0.15) is 0 Å². The molecule has 5 rings (SSSR count). The van der Waals surface area contributed by atoms with Crippen molar-refractivity contribution in [2.75, 3.05) is 0 Å². The first-order chi connectivity index (χ1) is 13.3. The zero-order valence-corrected chi connectivity index (χ0v) is 15.7. The van der Waals surface area contributed by atoms with Crippen LogP contribution in [0.2, 0.25) is 0 Å². The van der Waals surface area contributed by atoms with E-state index < -0.39 is 4.87 Å². The summed E-state index contributed by atoms with van der Waals surface area (Å²) in [7, 11) is 0. The lowest BCUT2D eigenvalue weighted by molar-refractivity contribution is 0.729. The number of halogens is 1. The number of hydrogen-bond donors (Lipinski definition) is 0. The van der Waals surface area contributed by atoms with E-state index in [-0.39, 0.29) is 0 Å². The van der Waals surface area contributed by atoms with E-state index in [1.54, 1.807) is 0 Å². The molecule has 0 saturated heterocycles. The van der Waals surface area contributed by atoms with E-state index in [1.165, 1.54) is 33.0 Å². The molecule has 1 atom stereocenters. The van der Waals surface area contributed by atoms with Gasteiger partial charge >= 0.3 is 0 Å². The lowest BCUT2D eigenvalue weighted by Crippen LogP contribution is -2.24. The van der Waals surface area contributed by atoms with Crippen LogP contribution in [-0.2, 0) is 4.87 Å². The molecule has 4 aromatic rings. The molecular weight excluding hydrogens is 348 g/mol. The molecule has 0 spiro atoms. The van der Waals surface area contributed by atoms with Crippen LogP contribution in [0.15, 0.2) is 103 Å². The third kappa shape index (κ3) is 2.60. The van der Waals surface area contributed by atoms with Crippen LogP contribution >= 0.6 is 11.6 Å². The van der Waals surface area contributed by atoms with Crippen LogP contribution < -0.4 is 0 Å². The van der Waals surface area contributed by atoms with Crippen molar-refractivity contribution in [1.29, 1.82) is 0 Å². The Labute approximate surface area is 164 Å². The molecule has 0 radical (unpaired) electrons. The van der Waals surface area contributed by atoms with Gasteiger partial charge < -0.3 is 0 Å². The van der Waals surface area contributed by atoms with Gasteiger partial charge in [-0.2, -0.15) is 0 Å². The van der Waals surface area contributed by atoms with Crippen LogP contribution in [0.1, 0.15) is 28.7 Å². The SMILES string of the molecule is ClC1(c2ccccc2)CC=C(c2cccc3ccccc23)c2ccccc21. The first kappa shape index (κ1) is 16.4. The molecule has 0 heterocycles. The summed E-state index contributed by atoms with van der Waals surface area (Å²) >= 11 is 7.26. The molecule has 0 bridgehead atoms. The molecule has 130 valence electrons. The molecular formula is C26H19Cl. The molecule has 0 fully saturated rings. The molecule has 0 nitrogen and oxygen atoms in total. The summed E-state index contributed by atoms with van der Waals surface area (Å²) in [5, 5.41) is 2.54. The number of hydrogen-bond acceptors (Lipinski definition) is 0. The van der Waals surface area contributed by atoms with E-state index in [4.69, 9.17) is 11.6 Å². The summed E-state index contributed by atoms with van der Waals surface area (Å²) in [4.78, 5) is -0.522. The quantitative estimate of drug-likeness (QED) is 0.330. The minimum Gasteiger partial charge on any atom is -0.108 e. The number of allylic oxidation sites excluding steroid dienone is 1. The summed E-state index contributed by atoms with van der Waals surface area (Å²) < 4.78 is 0. The molecule has 0 saturated carbocycles. The highest BCUT2D eigenvalue weighted by Gasteiger charge is 2.36. The maximum atomic E-state index is 7.26. The van der Waals surface area contributed by atoms with Crippen LogP contribution in [0.5, 0.6) is 0 Å². The number of fused-ring (bicyclic) bond motifs is 2. The van der Waals surface area contributed by atoms with Gasteiger partial charge in [0.2, 0.25) is 0 Å². The van der Waals surface area contributed by atoms with Gasteiger partial charge in [-0.05, 0) is 45.0 Å². The average molecular weight is 367 g/mol. The summed E-state index contributed by atoms with van der Waals surface area (Å²) in [6, 6.07) is 34.1. The zero-order valence-electron chi connectivity index (χ0n) is 14.9. The maximum Gasteiger partial charge on any atom is 0.0984 e. The normalized spacial score (nSPS) is 18.8. The fourth-order valence-electron chi connectivity index (χ4n) is 4.22. The first-order valence-electron chi connectivity index (χ1n) is 9.30. The fourth-order valence-corrected chi connectivity index (χ4v) is 4.59. The van der Waals surface area contributed by atoms with Gasteiger partial charge in [0.05, 0.1) is 4.87 Å². The van der Waals surface area contributed by atoms with Crippen LogP contribution in [0.3, 0.4) is 0 Å². The monoisotopic (exact) mass is 366 g/mol. The summed E-state index contributed by atoms with van der Waals surface area (Å²) in [5.74, 6) is 0. The molecule has 1 unspecified atom stereocenters. The van der Waals surface area contributed by atoms with Crippen molar-refractivity contribution < 1.29 is 0 Å². The smallest absolute Gasteiger partial charge is 0.0984 e. The van der Waals surface area contributed by atoms with E-state index in [9.17, 15) is 0 Å². The summed E-state index contributed by atoms with van der Waals surface area (Å²) in [6.07, 6.45) is 3.08. The van der Waals surface area contributed by atoms with Gasteiger partial charge in [0.15, 0.2) is 0 Å². The number of alkyl halides is 1. The minimum absolute atomic E-state index is 0.522. The molecule has 1 heteroatoms. The molecule has 4 aromatic carbocycles. The predicted octanol–water partition coefficient (Wildman–Crippen LogP) is 7.16. The van der Waals surface area contributed by atoms with Gasteiger partial charge in [-0.25, -0.2) is 0 Å². The van der Waals surface area contributed by atoms with Gasteiger partial charge in [-0.15, -0.1) is 11.6 Å². The second-order valence-corrected chi connectivity index (χ2v) is 7.71. The topological polar surface area (TPSA) is 0 Å². The summed E-state index contributed by atoms with van der Waals surface area (Å²) in [6.45, 7) is 0. The van der Waals surface area contributed by atoms with Gasteiger partial charge in [0.25, 0.3) is 0 Å². The second-order valence-electron chi connectivity index (χ2n) is 7.06. The highest BCUT2D eigenvalue weighted by molar-refractivity contribution is 6.27. The predicted molar refractivity (Wildman–Crippen MR) is 115 cm³/mol. The van der Waals surface area contributed by atoms with Crippen molar-refractivity contribution in [2.24, 2.45) is 0 Å². The Balaban J connectivity index is 1.73. The van der Waals surface area contributed by atoms with Crippen molar-refractivity contribution in [3.8, 4) is 0 Å². The van der Waals surface area contributed by atoms with Crippen molar-refractivity contribution in [3.63, 3.8) is 0 Å². The van der Waals surface area contributed by atoms with Gasteiger partial charge in [0, 0.05) is 0 Å². The first-order valence-corrected chi connectivity index (χ1v) is 9.68. The van der Waals surface area contributed by atoms with Crippen molar-refractivity contribution >= 4 is 27.9 Å². The van der Waals surface area contributed by atoms with Crippen molar-refractivity contribution in [1.82, 2.24) is 0 Å². The average Bonchev–Trinajstić information content (AvgIpc) is 2.75. The van der Waals surface area contributed by atoms with Gasteiger partial charge in [-0.3, -0.25) is 0 Å². The Hall–Kier alpha value is -2.83. The molecule has 0 aliphatic heterocycles. The van der Waals surface area contributed by atoms with E-state index >= 15 is 0 Å². The van der Waals surface area contributed by atoms with E-state index in [2.05, 4.69) is 97.1 Å². The molecule has 0 N–H and O–H groups in total. The van der Waals surface area contributed by atoms with E-state index in [1.807, 2.05) is 6.07 Å². The largest absolute Gasteiger partial charge is 0.108 e. The maximum absolute atomic E-state index is 7.26. The third-order valence-corrected chi connectivity index (χ3v) is 6.12. The molecule has 1 aliphatic carbocycles. The standard InChI is InChI=1S/C26H19Cl/c27-26(20-11-2-1-3-12-20)18-17-23(24-14-6-7-16-25(24)26)22-15-8-10-19-9-4-5-13-21(19)22/h1-17H,18H2. The minimum atomic E-state index is -0.522. The zero-order chi connectivity index (χ0) is 18.3. The van der Waals surface area contributed by atoms with Gasteiger partial charge in [-0.1, -0.05) is 103 Å². The molecule has 0 aromatic heterocycles. The Morgan fingerprint density at radius 2 is 1.30 bits per heavy atom. The Kier molecular flexibility index (Phi) is 3.88. The fraction of sp³-hybridized carbons (Fsp3) is 0.0769. The Morgan fingerprint density at radius 3 is 2.19 bits per heavy atom. The number of rotatable bonds is 2. The van der Waals surface area contributed by atoms with Crippen LogP contribution in [0.25, 0.3) is 16.3 Å². The highest BCUT2D eigenvalue weighted by Crippen LogP contribution is 2.48. The second kappa shape index (κ2) is 6.40. The summed E-state index contributed by atoms with van der Waals surface area (Å²) in [5.41, 5.74) is 6.09. The third-order valence-electron chi connectivity index (χ3n) is 5.54. The Morgan fingerprint density at radius 1 is 0.630 bits per heavy atom. The van der Waals surface area contributed by atoms with Crippen LogP contribution in [0.4, 0.5) is 0 Å². The van der Waals surface area contributed by atoms with E-state index in [0.29, 0.717) is 0 Å². The molecule has 0 amide bonds. The molecule has 27 heavy (non-hydrogen) atoms. The molecule has 1 aliphatic rings. The van der Waals surface area contributed by atoms with Crippen LogP contribution in [-0.4, -0.2) is 0 Å². The van der Waals surface area contributed by atoms with Crippen LogP contribution in [0, 0.1) is 0 Å². The lowest BCUT2D eigenvalue weighted by Gasteiger charge is -2.34. The van der Waals surface area contributed by atoms with Crippen molar-refractivity contribution in [2.45, 2.75) is 11.3 Å². The Bertz CT molecular complexity index is 1150. The number of benzene rings is 4. The van der Waals surface area contributed by atoms with E-state index in [0.717, 1.165) is 12.0 Å². The lowest BCUT2D eigenvalue weighted by atomic mass is 9.76. The van der Waals surface area contributed by atoms with Crippen molar-refractivity contribution in [3.05, 3.63) is 125 Å².